The first-order valence-corrected chi connectivity index (χ1v) is 7.74. The van der Waals surface area contributed by atoms with Gasteiger partial charge in [-0.2, -0.15) is 0 Å². The highest BCUT2D eigenvalue weighted by molar-refractivity contribution is 4.86. The van der Waals surface area contributed by atoms with E-state index in [0.29, 0.717) is 0 Å². The Balaban J connectivity index is 1.86. The van der Waals surface area contributed by atoms with E-state index < -0.39 is 0 Å². The topological polar surface area (TPSA) is 24.1 Å². The quantitative estimate of drug-likeness (QED) is 0.787. The van der Waals surface area contributed by atoms with Crippen molar-refractivity contribution in [1.82, 2.24) is 10.6 Å². The first-order chi connectivity index (χ1) is 8.27. The van der Waals surface area contributed by atoms with Gasteiger partial charge in [-0.15, -0.1) is 0 Å². The number of hydrogen-bond donors (Lipinski definition) is 2. The predicted molar refractivity (Wildman–Crippen MR) is 74.2 cm³/mol. The molecule has 1 aliphatic heterocycles. The lowest BCUT2D eigenvalue weighted by Gasteiger charge is -2.38. The van der Waals surface area contributed by atoms with Crippen molar-refractivity contribution in [3.8, 4) is 0 Å². The van der Waals surface area contributed by atoms with Gasteiger partial charge in [0.25, 0.3) is 0 Å². The largest absolute Gasteiger partial charge is 0.316 e. The van der Waals surface area contributed by atoms with Crippen LogP contribution in [0.25, 0.3) is 0 Å². The third-order valence-electron chi connectivity index (χ3n) is 4.59. The maximum absolute atomic E-state index is 3.99. The van der Waals surface area contributed by atoms with Gasteiger partial charge in [0.1, 0.15) is 0 Å². The summed E-state index contributed by atoms with van der Waals surface area (Å²) in [6.45, 7) is 7.22. The summed E-state index contributed by atoms with van der Waals surface area (Å²) in [4.78, 5) is 0. The fraction of sp³-hybridized carbons (Fsp3) is 1.00. The zero-order valence-corrected chi connectivity index (χ0v) is 11.7. The molecule has 1 aliphatic carbocycles. The van der Waals surface area contributed by atoms with Gasteiger partial charge in [0.15, 0.2) is 0 Å². The Bertz CT molecular complexity index is 203. The lowest BCUT2D eigenvalue weighted by Crippen LogP contribution is -2.50. The lowest BCUT2D eigenvalue weighted by atomic mass is 9.83. The number of nitrogens with one attached hydrogen (secondary N) is 2. The summed E-state index contributed by atoms with van der Waals surface area (Å²) in [5.41, 5.74) is 0. The summed E-state index contributed by atoms with van der Waals surface area (Å²) in [6.07, 6.45) is 9.91. The molecule has 0 aromatic heterocycles. The number of rotatable bonds is 4. The molecule has 2 fully saturated rings. The van der Waals surface area contributed by atoms with Gasteiger partial charge in [0, 0.05) is 12.1 Å². The fourth-order valence-corrected chi connectivity index (χ4v) is 3.60. The van der Waals surface area contributed by atoms with Gasteiger partial charge in [-0.05, 0) is 50.6 Å². The molecular formula is C15H30N2. The van der Waals surface area contributed by atoms with E-state index in [-0.39, 0.29) is 0 Å². The maximum atomic E-state index is 3.99. The SMILES string of the molecule is CC(C)C(NC1CCCCC1)C1CCCNC1. The fourth-order valence-electron chi connectivity index (χ4n) is 3.60. The monoisotopic (exact) mass is 238 g/mol. The molecule has 17 heavy (non-hydrogen) atoms. The van der Waals surface area contributed by atoms with E-state index in [9.17, 15) is 0 Å². The van der Waals surface area contributed by atoms with Crippen molar-refractivity contribution in [3.05, 3.63) is 0 Å². The maximum Gasteiger partial charge on any atom is 0.0133 e. The smallest absolute Gasteiger partial charge is 0.0133 e. The van der Waals surface area contributed by atoms with Crippen LogP contribution in [0.15, 0.2) is 0 Å². The van der Waals surface area contributed by atoms with Crippen molar-refractivity contribution < 1.29 is 0 Å². The summed E-state index contributed by atoms with van der Waals surface area (Å²) < 4.78 is 0. The molecule has 2 unspecified atom stereocenters. The van der Waals surface area contributed by atoms with E-state index in [1.165, 1.54) is 58.0 Å². The normalized spacial score (nSPS) is 29.5. The summed E-state index contributed by atoms with van der Waals surface area (Å²) in [7, 11) is 0. The number of hydrogen-bond acceptors (Lipinski definition) is 2. The lowest BCUT2D eigenvalue weighted by molar-refractivity contribution is 0.202. The zero-order chi connectivity index (χ0) is 12.1. The first kappa shape index (κ1) is 13.4. The first-order valence-electron chi connectivity index (χ1n) is 7.74. The highest BCUT2D eigenvalue weighted by Crippen LogP contribution is 2.24. The molecule has 0 spiro atoms. The highest BCUT2D eigenvalue weighted by atomic mass is 15.0. The van der Waals surface area contributed by atoms with Gasteiger partial charge in [-0.1, -0.05) is 33.1 Å². The molecule has 0 radical (unpaired) electrons. The van der Waals surface area contributed by atoms with Crippen LogP contribution in [-0.4, -0.2) is 25.2 Å². The second kappa shape index (κ2) is 6.75. The second-order valence-electron chi connectivity index (χ2n) is 6.38. The van der Waals surface area contributed by atoms with Crippen LogP contribution in [0.2, 0.25) is 0 Å². The average Bonchev–Trinajstić information content (AvgIpc) is 2.38. The summed E-state index contributed by atoms with van der Waals surface area (Å²) in [5.74, 6) is 1.62. The molecular weight excluding hydrogens is 208 g/mol. The molecule has 1 saturated carbocycles. The van der Waals surface area contributed by atoms with E-state index in [1.54, 1.807) is 0 Å². The second-order valence-corrected chi connectivity index (χ2v) is 6.38. The van der Waals surface area contributed by atoms with E-state index in [2.05, 4.69) is 24.5 Å². The van der Waals surface area contributed by atoms with Gasteiger partial charge >= 0.3 is 0 Å². The minimum Gasteiger partial charge on any atom is -0.316 e. The van der Waals surface area contributed by atoms with Crippen LogP contribution in [0.1, 0.15) is 58.8 Å². The summed E-state index contributed by atoms with van der Waals surface area (Å²) in [5, 5.41) is 7.55. The Kier molecular flexibility index (Phi) is 5.30. The van der Waals surface area contributed by atoms with E-state index >= 15 is 0 Å². The van der Waals surface area contributed by atoms with Crippen LogP contribution >= 0.6 is 0 Å². The van der Waals surface area contributed by atoms with E-state index in [0.717, 1.165) is 23.9 Å². The summed E-state index contributed by atoms with van der Waals surface area (Å²) in [6, 6.07) is 1.53. The Morgan fingerprint density at radius 3 is 2.35 bits per heavy atom. The van der Waals surface area contributed by atoms with Crippen molar-refractivity contribution in [2.75, 3.05) is 13.1 Å². The molecule has 0 bridgehead atoms. The Morgan fingerprint density at radius 1 is 1.00 bits per heavy atom. The van der Waals surface area contributed by atoms with Gasteiger partial charge in [-0.25, -0.2) is 0 Å². The molecule has 2 atom stereocenters. The Labute approximate surface area is 107 Å². The third-order valence-corrected chi connectivity index (χ3v) is 4.59. The minimum absolute atomic E-state index is 0.728. The van der Waals surface area contributed by atoms with Crippen LogP contribution in [0, 0.1) is 11.8 Å². The predicted octanol–water partition coefficient (Wildman–Crippen LogP) is 2.93. The van der Waals surface area contributed by atoms with Gasteiger partial charge in [0.2, 0.25) is 0 Å². The molecule has 2 aliphatic rings. The van der Waals surface area contributed by atoms with Crippen molar-refractivity contribution in [3.63, 3.8) is 0 Å². The Morgan fingerprint density at radius 2 is 1.76 bits per heavy atom. The molecule has 0 amide bonds. The Hall–Kier alpha value is -0.0800. The van der Waals surface area contributed by atoms with Crippen molar-refractivity contribution >= 4 is 0 Å². The molecule has 2 nitrogen and oxygen atoms in total. The molecule has 0 aromatic rings. The molecule has 2 heteroatoms. The molecule has 1 saturated heterocycles. The molecule has 0 aromatic carbocycles. The molecule has 1 heterocycles. The molecule has 100 valence electrons. The van der Waals surface area contributed by atoms with Gasteiger partial charge in [0.05, 0.1) is 0 Å². The zero-order valence-electron chi connectivity index (χ0n) is 11.7. The van der Waals surface area contributed by atoms with Gasteiger partial charge < -0.3 is 10.6 Å². The standard InChI is InChI=1S/C15H30N2/c1-12(2)15(13-7-6-10-16-11-13)17-14-8-4-3-5-9-14/h12-17H,3-11H2,1-2H3. The van der Waals surface area contributed by atoms with Gasteiger partial charge in [-0.3, -0.25) is 0 Å². The highest BCUT2D eigenvalue weighted by Gasteiger charge is 2.28. The van der Waals surface area contributed by atoms with E-state index in [1.807, 2.05) is 0 Å². The average molecular weight is 238 g/mol. The van der Waals surface area contributed by atoms with Crippen LogP contribution < -0.4 is 10.6 Å². The van der Waals surface area contributed by atoms with Crippen molar-refractivity contribution in [2.45, 2.75) is 70.9 Å². The molecule has 2 rings (SSSR count). The molecule has 2 N–H and O–H groups in total. The minimum atomic E-state index is 0.728. The summed E-state index contributed by atoms with van der Waals surface area (Å²) >= 11 is 0. The van der Waals surface area contributed by atoms with Crippen LogP contribution in [0.3, 0.4) is 0 Å². The van der Waals surface area contributed by atoms with Crippen molar-refractivity contribution in [1.29, 1.82) is 0 Å². The van der Waals surface area contributed by atoms with Crippen LogP contribution in [0.4, 0.5) is 0 Å². The van der Waals surface area contributed by atoms with E-state index in [4.69, 9.17) is 0 Å². The third kappa shape index (κ3) is 3.96. The van der Waals surface area contributed by atoms with Crippen LogP contribution in [0.5, 0.6) is 0 Å². The van der Waals surface area contributed by atoms with Crippen LogP contribution in [-0.2, 0) is 0 Å². The number of piperidine rings is 1. The van der Waals surface area contributed by atoms with Crippen molar-refractivity contribution in [2.24, 2.45) is 11.8 Å².